The second-order valence-corrected chi connectivity index (χ2v) is 10.2. The van der Waals surface area contributed by atoms with Crippen molar-refractivity contribution in [2.24, 2.45) is 26.7 Å². The van der Waals surface area contributed by atoms with Crippen LogP contribution in [-0.2, 0) is 9.59 Å². The summed E-state index contributed by atoms with van der Waals surface area (Å²) in [5.74, 6) is -0.0207. The first-order valence-electron chi connectivity index (χ1n) is 11.3. The van der Waals surface area contributed by atoms with Gasteiger partial charge in [-0.3, -0.25) is 19.6 Å². The number of amides is 2. The predicted octanol–water partition coefficient (Wildman–Crippen LogP) is 4.06. The largest absolute Gasteiger partial charge is 0.320 e. The Balaban J connectivity index is 1.50. The molecule has 2 aliphatic carbocycles. The Morgan fingerprint density at radius 2 is 1.34 bits per heavy atom. The second kappa shape index (κ2) is 6.37. The Bertz CT molecular complexity index is 1240. The summed E-state index contributed by atoms with van der Waals surface area (Å²) in [6.07, 6.45) is 2.10. The van der Waals surface area contributed by atoms with Gasteiger partial charge in [-0.05, 0) is 41.7 Å². The lowest BCUT2D eigenvalue weighted by molar-refractivity contribution is -0.110. The zero-order chi connectivity index (χ0) is 22.3. The van der Waals surface area contributed by atoms with Gasteiger partial charge in [0.25, 0.3) is 11.8 Å². The highest BCUT2D eigenvalue weighted by molar-refractivity contribution is 6.54. The van der Waals surface area contributed by atoms with E-state index in [9.17, 15) is 9.59 Å². The van der Waals surface area contributed by atoms with E-state index in [1.807, 2.05) is 48.5 Å². The smallest absolute Gasteiger partial charge is 0.274 e. The van der Waals surface area contributed by atoms with Crippen molar-refractivity contribution in [2.45, 2.75) is 45.7 Å². The minimum Gasteiger partial charge on any atom is -0.320 e. The van der Waals surface area contributed by atoms with Gasteiger partial charge in [0.2, 0.25) is 0 Å². The molecule has 6 rings (SSSR count). The van der Waals surface area contributed by atoms with Crippen LogP contribution in [0.4, 0.5) is 11.4 Å². The van der Waals surface area contributed by atoms with E-state index in [-0.39, 0.29) is 34.7 Å². The van der Waals surface area contributed by atoms with Gasteiger partial charge in [-0.1, -0.05) is 57.2 Å². The highest BCUT2D eigenvalue weighted by Crippen LogP contribution is 2.67. The molecule has 0 unspecified atom stereocenters. The molecule has 0 radical (unpaired) electrons. The van der Waals surface area contributed by atoms with Crippen LogP contribution in [0.15, 0.2) is 58.5 Å². The summed E-state index contributed by atoms with van der Waals surface area (Å²) in [4.78, 5) is 35.8. The molecular weight excluding hydrogens is 400 g/mol. The summed E-state index contributed by atoms with van der Waals surface area (Å²) < 4.78 is 0. The molecule has 2 heterocycles. The molecule has 2 N–H and O–H groups in total. The van der Waals surface area contributed by atoms with E-state index in [0.29, 0.717) is 17.3 Å². The van der Waals surface area contributed by atoms with Crippen LogP contribution in [0.3, 0.4) is 0 Å². The molecule has 2 aromatic carbocycles. The average molecular weight is 427 g/mol. The van der Waals surface area contributed by atoms with E-state index in [1.54, 1.807) is 0 Å². The minimum atomic E-state index is -0.170. The predicted molar refractivity (Wildman–Crippen MR) is 125 cm³/mol. The summed E-state index contributed by atoms with van der Waals surface area (Å²) in [5.41, 5.74) is 4.16. The molecule has 32 heavy (non-hydrogen) atoms. The molecule has 6 heteroatoms. The van der Waals surface area contributed by atoms with E-state index in [2.05, 4.69) is 31.4 Å². The Hall–Kier alpha value is -3.28. The molecule has 2 amide bonds. The van der Waals surface area contributed by atoms with Gasteiger partial charge in [-0.25, -0.2) is 0 Å². The van der Waals surface area contributed by atoms with Gasteiger partial charge >= 0.3 is 0 Å². The maximum atomic E-state index is 12.8. The number of fused-ring (bicyclic) bond motifs is 4. The monoisotopic (exact) mass is 426 g/mol. The Morgan fingerprint density at radius 3 is 1.94 bits per heavy atom. The molecule has 2 aliphatic heterocycles. The fourth-order valence-electron chi connectivity index (χ4n) is 6.41. The first-order valence-corrected chi connectivity index (χ1v) is 11.3. The van der Waals surface area contributed by atoms with Crippen molar-refractivity contribution in [1.29, 1.82) is 0 Å². The van der Waals surface area contributed by atoms with Crippen molar-refractivity contribution in [3.8, 4) is 0 Å². The van der Waals surface area contributed by atoms with Crippen molar-refractivity contribution < 1.29 is 9.59 Å². The average Bonchev–Trinajstić information content (AvgIpc) is 3.37. The number of para-hydroxylation sites is 2. The topological polar surface area (TPSA) is 82.9 Å². The minimum absolute atomic E-state index is 0.000347. The second-order valence-electron chi connectivity index (χ2n) is 10.2. The molecule has 2 aromatic rings. The molecule has 6 nitrogen and oxygen atoms in total. The third kappa shape index (κ3) is 2.41. The van der Waals surface area contributed by atoms with E-state index in [0.717, 1.165) is 35.3 Å². The first kappa shape index (κ1) is 19.4. The number of nitrogens with zero attached hydrogens (tertiary/aromatic N) is 2. The van der Waals surface area contributed by atoms with E-state index in [4.69, 9.17) is 9.98 Å². The van der Waals surface area contributed by atoms with Gasteiger partial charge in [-0.15, -0.1) is 0 Å². The van der Waals surface area contributed by atoms with E-state index < -0.39 is 0 Å². The zero-order valence-electron chi connectivity index (χ0n) is 18.5. The Morgan fingerprint density at radius 1 is 0.812 bits per heavy atom. The van der Waals surface area contributed by atoms with Crippen molar-refractivity contribution in [3.05, 3.63) is 59.7 Å². The highest BCUT2D eigenvalue weighted by atomic mass is 16.2. The zero-order valence-corrected chi connectivity index (χ0v) is 18.5. The van der Waals surface area contributed by atoms with Gasteiger partial charge in [0, 0.05) is 11.1 Å². The van der Waals surface area contributed by atoms with Gasteiger partial charge < -0.3 is 10.6 Å². The lowest BCUT2D eigenvalue weighted by Crippen LogP contribution is -2.40. The standard InChI is InChI=1S/C26H26N4O2/c1-25(2)16-12-13-26(25,3)22(30-20-15-9-5-7-11-18(15)28-24(20)32)21(16)29-19-14-8-4-6-10-17(14)27-23(19)31/h4-11,16,21-22H,12-13H2,1-3H3,(H,27,29,31)(H,28,30,32)/t16-,21+,22+,26-/m0/s1. The normalized spacial score (nSPS) is 34.0. The number of nitrogens with one attached hydrogen (secondary N) is 2. The lowest BCUT2D eigenvalue weighted by Gasteiger charge is -2.37. The third-order valence-corrected chi connectivity index (χ3v) is 8.60. The van der Waals surface area contributed by atoms with Crippen molar-refractivity contribution in [3.63, 3.8) is 0 Å². The Kier molecular flexibility index (Phi) is 3.87. The van der Waals surface area contributed by atoms with Crippen LogP contribution in [0.5, 0.6) is 0 Å². The maximum absolute atomic E-state index is 12.8. The number of hydrogen-bond acceptors (Lipinski definition) is 4. The summed E-state index contributed by atoms with van der Waals surface area (Å²) >= 11 is 0. The van der Waals surface area contributed by atoms with Crippen LogP contribution in [0.2, 0.25) is 0 Å². The molecule has 162 valence electrons. The lowest BCUT2D eigenvalue weighted by atomic mass is 9.69. The van der Waals surface area contributed by atoms with Gasteiger partial charge in [0.1, 0.15) is 11.4 Å². The third-order valence-electron chi connectivity index (χ3n) is 8.60. The van der Waals surface area contributed by atoms with Crippen LogP contribution in [-0.4, -0.2) is 35.3 Å². The summed E-state index contributed by atoms with van der Waals surface area (Å²) in [7, 11) is 0. The number of benzene rings is 2. The van der Waals surface area contributed by atoms with Gasteiger partial charge in [0.15, 0.2) is 0 Å². The highest BCUT2D eigenvalue weighted by Gasteiger charge is 2.67. The quantitative estimate of drug-likeness (QED) is 0.759. The molecule has 0 aromatic heterocycles. The molecule has 2 fully saturated rings. The molecule has 0 spiro atoms. The van der Waals surface area contributed by atoms with Crippen LogP contribution >= 0.6 is 0 Å². The molecule has 2 bridgehead atoms. The number of anilines is 2. The summed E-state index contributed by atoms with van der Waals surface area (Å²) in [6, 6.07) is 15.0. The number of carbonyl (C=O) groups is 2. The van der Waals surface area contributed by atoms with E-state index in [1.165, 1.54) is 0 Å². The molecular formula is C26H26N4O2. The van der Waals surface area contributed by atoms with Crippen molar-refractivity contribution in [1.82, 2.24) is 0 Å². The van der Waals surface area contributed by atoms with Crippen LogP contribution < -0.4 is 10.6 Å². The van der Waals surface area contributed by atoms with Gasteiger partial charge in [-0.2, -0.15) is 0 Å². The van der Waals surface area contributed by atoms with Crippen LogP contribution in [0.1, 0.15) is 44.7 Å². The molecule has 4 atom stereocenters. The number of rotatable bonds is 2. The summed E-state index contributed by atoms with van der Waals surface area (Å²) in [6.45, 7) is 6.87. The van der Waals surface area contributed by atoms with Crippen LogP contribution in [0, 0.1) is 16.7 Å². The van der Waals surface area contributed by atoms with Crippen molar-refractivity contribution in [2.75, 3.05) is 10.6 Å². The summed E-state index contributed by atoms with van der Waals surface area (Å²) in [5, 5.41) is 5.87. The Labute approximate surface area is 187 Å². The molecule has 4 aliphatic rings. The maximum Gasteiger partial charge on any atom is 0.274 e. The number of carbonyl (C=O) groups excluding carboxylic acids is 2. The number of aliphatic imine (C=N–C) groups is 2. The number of hydrogen-bond donors (Lipinski definition) is 2. The van der Waals surface area contributed by atoms with Crippen LogP contribution in [0.25, 0.3) is 0 Å². The molecule has 0 saturated heterocycles. The van der Waals surface area contributed by atoms with Gasteiger partial charge in [0.05, 0.1) is 23.5 Å². The fraction of sp³-hybridized carbons (Fsp3) is 0.385. The van der Waals surface area contributed by atoms with Crippen molar-refractivity contribution >= 4 is 34.6 Å². The first-order chi connectivity index (χ1) is 15.3. The van der Waals surface area contributed by atoms with E-state index >= 15 is 0 Å². The fourth-order valence-corrected chi connectivity index (χ4v) is 6.41. The SMILES string of the molecule is CC1(C)[C@H]2CC[C@@]1(C)[C@H](N=C1C(=O)Nc3ccccc31)[C@@H]2N=C1C(=O)Nc2ccccc21. The molecule has 2 saturated carbocycles.